The van der Waals surface area contributed by atoms with E-state index in [-0.39, 0.29) is 5.91 Å². The van der Waals surface area contributed by atoms with Gasteiger partial charge in [0.05, 0.1) is 25.6 Å². The molecule has 0 bridgehead atoms. The van der Waals surface area contributed by atoms with Gasteiger partial charge < -0.3 is 19.4 Å². The first kappa shape index (κ1) is 23.2. The summed E-state index contributed by atoms with van der Waals surface area (Å²) < 4.78 is 13.2. The van der Waals surface area contributed by atoms with E-state index >= 15 is 0 Å². The van der Waals surface area contributed by atoms with Crippen LogP contribution in [-0.2, 0) is 20.8 Å². The molecule has 32 heavy (non-hydrogen) atoms. The summed E-state index contributed by atoms with van der Waals surface area (Å²) in [4.78, 5) is 15.1. The minimum atomic E-state index is 0.0231. The zero-order valence-electron chi connectivity index (χ0n) is 19.0. The maximum Gasteiger partial charge on any atom is 0.230 e. The number of benzene rings is 1. The number of carbonyl (C=O) groups is 1. The second-order valence-electron chi connectivity index (χ2n) is 8.35. The van der Waals surface area contributed by atoms with Gasteiger partial charge in [-0.25, -0.2) is 0 Å². The summed E-state index contributed by atoms with van der Waals surface area (Å²) in [5.41, 5.74) is 2.23. The Hall–Kier alpha value is -1.94. The van der Waals surface area contributed by atoms with Crippen LogP contribution in [0.25, 0.3) is 11.4 Å². The van der Waals surface area contributed by atoms with Crippen LogP contribution < -0.4 is 5.32 Å². The first-order chi connectivity index (χ1) is 15.7. The molecule has 0 aliphatic carbocycles. The SMILES string of the molecule is CCn1c(SCC(=O)NCC(C2CCOC2)N2CCOCC2)nnc1-c1cccc(C)c1. The van der Waals surface area contributed by atoms with E-state index in [1.54, 1.807) is 0 Å². The minimum absolute atomic E-state index is 0.0231. The first-order valence-corrected chi connectivity index (χ1v) is 12.4. The average molecular weight is 460 g/mol. The lowest BCUT2D eigenvalue weighted by molar-refractivity contribution is -0.119. The molecule has 1 aromatic carbocycles. The van der Waals surface area contributed by atoms with Crippen molar-refractivity contribution in [2.24, 2.45) is 5.92 Å². The molecule has 0 spiro atoms. The highest BCUT2D eigenvalue weighted by molar-refractivity contribution is 7.99. The van der Waals surface area contributed by atoms with E-state index in [1.807, 2.05) is 12.1 Å². The molecule has 2 aliphatic rings. The number of rotatable bonds is 9. The minimum Gasteiger partial charge on any atom is -0.381 e. The number of amides is 1. The van der Waals surface area contributed by atoms with E-state index < -0.39 is 0 Å². The van der Waals surface area contributed by atoms with Gasteiger partial charge in [0.25, 0.3) is 0 Å². The molecule has 2 atom stereocenters. The lowest BCUT2D eigenvalue weighted by atomic mass is 9.97. The molecule has 4 rings (SSSR count). The Kier molecular flexibility index (Phi) is 8.18. The zero-order valence-corrected chi connectivity index (χ0v) is 19.8. The molecule has 0 radical (unpaired) electrons. The van der Waals surface area contributed by atoms with Crippen LogP contribution in [0.5, 0.6) is 0 Å². The molecular formula is C23H33N5O3S. The van der Waals surface area contributed by atoms with E-state index in [0.717, 1.165) is 69.0 Å². The molecular weight excluding hydrogens is 426 g/mol. The molecule has 2 fully saturated rings. The van der Waals surface area contributed by atoms with E-state index in [4.69, 9.17) is 9.47 Å². The second kappa shape index (κ2) is 11.3. The van der Waals surface area contributed by atoms with Gasteiger partial charge in [-0.1, -0.05) is 35.5 Å². The molecule has 1 N–H and O–H groups in total. The zero-order chi connectivity index (χ0) is 22.3. The normalized spacial score (nSPS) is 20.4. The van der Waals surface area contributed by atoms with E-state index in [2.05, 4.69) is 51.0 Å². The number of aromatic nitrogens is 3. The highest BCUT2D eigenvalue weighted by atomic mass is 32.2. The number of hydrogen-bond acceptors (Lipinski definition) is 7. The topological polar surface area (TPSA) is 81.5 Å². The Labute approximate surface area is 194 Å². The van der Waals surface area contributed by atoms with Crippen molar-refractivity contribution in [2.45, 2.75) is 38.0 Å². The highest BCUT2D eigenvalue weighted by Crippen LogP contribution is 2.25. The van der Waals surface area contributed by atoms with Crippen molar-refractivity contribution < 1.29 is 14.3 Å². The Bertz CT molecular complexity index is 894. The smallest absolute Gasteiger partial charge is 0.230 e. The highest BCUT2D eigenvalue weighted by Gasteiger charge is 2.31. The van der Waals surface area contributed by atoms with Gasteiger partial charge in [0.1, 0.15) is 0 Å². The average Bonchev–Trinajstić information content (AvgIpc) is 3.48. The van der Waals surface area contributed by atoms with Crippen LogP contribution >= 0.6 is 11.8 Å². The quantitative estimate of drug-likeness (QED) is 0.576. The summed E-state index contributed by atoms with van der Waals surface area (Å²) in [6.07, 6.45) is 1.05. The van der Waals surface area contributed by atoms with Gasteiger partial charge in [0.15, 0.2) is 11.0 Å². The molecule has 1 aromatic heterocycles. The molecule has 9 heteroatoms. The third-order valence-electron chi connectivity index (χ3n) is 6.17. The number of aryl methyl sites for hydroxylation is 1. The van der Waals surface area contributed by atoms with Gasteiger partial charge in [-0.05, 0) is 26.3 Å². The monoisotopic (exact) mass is 459 g/mol. The lowest BCUT2D eigenvalue weighted by Crippen LogP contribution is -2.52. The van der Waals surface area contributed by atoms with Gasteiger partial charge in [-0.15, -0.1) is 10.2 Å². The third-order valence-corrected chi connectivity index (χ3v) is 7.14. The molecule has 174 valence electrons. The Morgan fingerprint density at radius 3 is 2.81 bits per heavy atom. The molecule has 3 heterocycles. The van der Waals surface area contributed by atoms with Crippen molar-refractivity contribution in [1.29, 1.82) is 0 Å². The maximum atomic E-state index is 12.7. The van der Waals surface area contributed by atoms with Gasteiger partial charge in [0, 0.05) is 50.3 Å². The molecule has 0 saturated carbocycles. The van der Waals surface area contributed by atoms with Crippen molar-refractivity contribution in [3.8, 4) is 11.4 Å². The Morgan fingerprint density at radius 2 is 2.09 bits per heavy atom. The van der Waals surface area contributed by atoms with Crippen molar-refractivity contribution in [1.82, 2.24) is 25.0 Å². The second-order valence-corrected chi connectivity index (χ2v) is 9.29. The predicted octanol–water partition coefficient (Wildman–Crippen LogP) is 2.22. The summed E-state index contributed by atoms with van der Waals surface area (Å²) in [5, 5.41) is 12.7. The summed E-state index contributed by atoms with van der Waals surface area (Å²) >= 11 is 1.44. The predicted molar refractivity (Wildman–Crippen MR) is 125 cm³/mol. The maximum absolute atomic E-state index is 12.7. The Balaban J connectivity index is 1.34. The first-order valence-electron chi connectivity index (χ1n) is 11.4. The molecule has 1 amide bonds. The number of ether oxygens (including phenoxy) is 2. The molecule has 2 aliphatic heterocycles. The van der Waals surface area contributed by atoms with E-state index in [9.17, 15) is 4.79 Å². The van der Waals surface area contributed by atoms with Crippen LogP contribution in [0.1, 0.15) is 18.9 Å². The largest absolute Gasteiger partial charge is 0.381 e. The Morgan fingerprint density at radius 1 is 1.25 bits per heavy atom. The van der Waals surface area contributed by atoms with Crippen LogP contribution in [0.2, 0.25) is 0 Å². The molecule has 2 unspecified atom stereocenters. The summed E-state index contributed by atoms with van der Waals surface area (Å²) in [6.45, 7) is 10.4. The third kappa shape index (κ3) is 5.70. The number of thioether (sulfide) groups is 1. The molecule has 8 nitrogen and oxygen atoms in total. The van der Waals surface area contributed by atoms with E-state index in [1.165, 1.54) is 17.3 Å². The fraction of sp³-hybridized carbons (Fsp3) is 0.609. The lowest BCUT2D eigenvalue weighted by Gasteiger charge is -2.37. The van der Waals surface area contributed by atoms with Crippen LogP contribution in [0.4, 0.5) is 0 Å². The fourth-order valence-electron chi connectivity index (χ4n) is 4.44. The van der Waals surface area contributed by atoms with Crippen molar-refractivity contribution in [2.75, 3.05) is 51.8 Å². The van der Waals surface area contributed by atoms with Gasteiger partial charge in [-0.2, -0.15) is 0 Å². The van der Waals surface area contributed by atoms with Gasteiger partial charge in [0.2, 0.25) is 5.91 Å². The van der Waals surface area contributed by atoms with Gasteiger partial charge >= 0.3 is 0 Å². The standard InChI is InChI=1S/C23H33N5O3S/c1-3-28-22(18-6-4-5-17(2)13-18)25-26-23(28)32-16-21(29)24-14-20(19-7-10-31-15-19)27-8-11-30-12-9-27/h4-6,13,19-20H,3,7-12,14-16H2,1-2H3,(H,24,29). The molecule has 2 saturated heterocycles. The molecule has 2 aromatic rings. The van der Waals surface area contributed by atoms with Crippen LogP contribution in [-0.4, -0.2) is 83.4 Å². The van der Waals surface area contributed by atoms with Crippen molar-refractivity contribution in [3.05, 3.63) is 29.8 Å². The van der Waals surface area contributed by atoms with Crippen LogP contribution in [0.15, 0.2) is 29.4 Å². The van der Waals surface area contributed by atoms with Crippen molar-refractivity contribution >= 4 is 17.7 Å². The number of nitrogens with zero attached hydrogens (tertiary/aromatic N) is 4. The summed E-state index contributed by atoms with van der Waals surface area (Å²) in [6, 6.07) is 8.54. The van der Waals surface area contributed by atoms with E-state index in [0.29, 0.717) is 24.3 Å². The number of morpholine rings is 1. The summed E-state index contributed by atoms with van der Waals surface area (Å²) in [7, 11) is 0. The number of nitrogens with one attached hydrogen (secondary N) is 1. The number of carbonyl (C=O) groups excluding carboxylic acids is 1. The van der Waals surface area contributed by atoms with Crippen LogP contribution in [0, 0.1) is 12.8 Å². The summed E-state index contributed by atoms with van der Waals surface area (Å²) in [5.74, 6) is 1.65. The number of hydrogen-bond donors (Lipinski definition) is 1. The van der Waals surface area contributed by atoms with Crippen molar-refractivity contribution in [3.63, 3.8) is 0 Å². The van der Waals surface area contributed by atoms with Gasteiger partial charge in [-0.3, -0.25) is 9.69 Å². The van der Waals surface area contributed by atoms with Crippen LogP contribution in [0.3, 0.4) is 0 Å². The fourth-order valence-corrected chi connectivity index (χ4v) is 5.27.